The molecular formula is C18H16N2O. The Morgan fingerprint density at radius 2 is 1.76 bits per heavy atom. The molecule has 0 saturated heterocycles. The molecule has 1 amide bonds. The number of hydrogen-bond acceptors (Lipinski definition) is 2. The van der Waals surface area contributed by atoms with Gasteiger partial charge in [0.25, 0.3) is 5.91 Å². The van der Waals surface area contributed by atoms with Gasteiger partial charge in [-0.2, -0.15) is 0 Å². The summed E-state index contributed by atoms with van der Waals surface area (Å²) in [6.07, 6.45) is 0. The Balaban J connectivity index is 1.97. The van der Waals surface area contributed by atoms with Gasteiger partial charge in [-0.3, -0.25) is 4.79 Å². The van der Waals surface area contributed by atoms with Gasteiger partial charge in [-0.25, -0.2) is 0 Å². The van der Waals surface area contributed by atoms with Crippen LogP contribution >= 0.6 is 0 Å². The van der Waals surface area contributed by atoms with Crippen LogP contribution in [0.15, 0.2) is 60.7 Å². The fourth-order valence-corrected chi connectivity index (χ4v) is 2.47. The van der Waals surface area contributed by atoms with Gasteiger partial charge >= 0.3 is 0 Å². The Kier molecular flexibility index (Phi) is 3.32. The van der Waals surface area contributed by atoms with E-state index in [0.29, 0.717) is 11.3 Å². The van der Waals surface area contributed by atoms with E-state index >= 15 is 0 Å². The zero-order valence-electron chi connectivity index (χ0n) is 11.8. The zero-order chi connectivity index (χ0) is 14.8. The smallest absolute Gasteiger partial charge is 0.255 e. The van der Waals surface area contributed by atoms with E-state index in [-0.39, 0.29) is 5.91 Å². The van der Waals surface area contributed by atoms with Crippen molar-refractivity contribution in [3.8, 4) is 0 Å². The van der Waals surface area contributed by atoms with Crippen LogP contribution in [0.5, 0.6) is 0 Å². The quantitative estimate of drug-likeness (QED) is 0.695. The van der Waals surface area contributed by atoms with Crippen molar-refractivity contribution in [3.05, 3.63) is 71.8 Å². The Bertz CT molecular complexity index is 819. The number of nitrogen functional groups attached to an aromatic ring is 1. The van der Waals surface area contributed by atoms with Crippen molar-refractivity contribution >= 4 is 28.1 Å². The van der Waals surface area contributed by atoms with E-state index in [1.54, 1.807) is 18.2 Å². The summed E-state index contributed by atoms with van der Waals surface area (Å²) in [4.78, 5) is 12.4. The number of fused-ring (bicyclic) bond motifs is 1. The minimum atomic E-state index is -0.121. The highest BCUT2D eigenvalue weighted by molar-refractivity contribution is 6.09. The summed E-state index contributed by atoms with van der Waals surface area (Å²) in [6.45, 7) is 1.88. The van der Waals surface area contributed by atoms with Crippen LogP contribution in [0.3, 0.4) is 0 Å². The first-order valence-corrected chi connectivity index (χ1v) is 6.80. The van der Waals surface area contributed by atoms with Crippen LogP contribution in [0.2, 0.25) is 0 Å². The summed E-state index contributed by atoms with van der Waals surface area (Å²) in [5, 5.41) is 5.11. The summed E-state index contributed by atoms with van der Waals surface area (Å²) < 4.78 is 0. The van der Waals surface area contributed by atoms with Gasteiger partial charge in [0.2, 0.25) is 0 Å². The fraction of sp³-hybridized carbons (Fsp3) is 0.0556. The number of benzene rings is 3. The average Bonchev–Trinajstić information content (AvgIpc) is 2.47. The molecule has 0 spiro atoms. The largest absolute Gasteiger partial charge is 0.399 e. The molecule has 0 aliphatic rings. The van der Waals surface area contributed by atoms with Crippen LogP contribution in [0.25, 0.3) is 10.8 Å². The standard InChI is InChI=1S/C18H16N2O/c1-12-11-14(19)9-10-15(12)18(21)20-17-8-4-6-13-5-2-3-7-16(13)17/h2-11H,19H2,1H3,(H,20,21). The fourth-order valence-electron chi connectivity index (χ4n) is 2.47. The molecule has 3 nitrogen and oxygen atoms in total. The number of amides is 1. The van der Waals surface area contributed by atoms with Crippen molar-refractivity contribution in [2.75, 3.05) is 11.1 Å². The number of hydrogen-bond donors (Lipinski definition) is 2. The lowest BCUT2D eigenvalue weighted by Crippen LogP contribution is -2.13. The monoisotopic (exact) mass is 276 g/mol. The van der Waals surface area contributed by atoms with E-state index < -0.39 is 0 Å². The minimum Gasteiger partial charge on any atom is -0.399 e. The van der Waals surface area contributed by atoms with E-state index in [4.69, 9.17) is 5.73 Å². The van der Waals surface area contributed by atoms with Crippen LogP contribution in [-0.2, 0) is 0 Å². The molecule has 3 heteroatoms. The van der Waals surface area contributed by atoms with Crippen molar-refractivity contribution in [1.82, 2.24) is 0 Å². The second-order valence-electron chi connectivity index (χ2n) is 5.06. The van der Waals surface area contributed by atoms with Crippen LogP contribution in [0.4, 0.5) is 11.4 Å². The molecule has 3 N–H and O–H groups in total. The highest BCUT2D eigenvalue weighted by atomic mass is 16.1. The number of anilines is 2. The van der Waals surface area contributed by atoms with E-state index in [0.717, 1.165) is 22.0 Å². The minimum absolute atomic E-state index is 0.121. The van der Waals surface area contributed by atoms with Gasteiger partial charge in [0.15, 0.2) is 0 Å². The maximum Gasteiger partial charge on any atom is 0.255 e. The molecule has 3 rings (SSSR count). The number of rotatable bonds is 2. The van der Waals surface area contributed by atoms with Gasteiger partial charge in [-0.05, 0) is 42.1 Å². The van der Waals surface area contributed by atoms with E-state index in [9.17, 15) is 4.79 Å². The molecular weight excluding hydrogens is 260 g/mol. The third kappa shape index (κ3) is 2.58. The van der Waals surface area contributed by atoms with Gasteiger partial charge in [0.05, 0.1) is 0 Å². The van der Waals surface area contributed by atoms with Gasteiger partial charge in [0, 0.05) is 22.3 Å². The number of aryl methyl sites for hydroxylation is 1. The van der Waals surface area contributed by atoms with Crippen molar-refractivity contribution in [1.29, 1.82) is 0 Å². The lowest BCUT2D eigenvalue weighted by atomic mass is 10.1. The third-order valence-electron chi connectivity index (χ3n) is 3.53. The van der Waals surface area contributed by atoms with E-state index in [2.05, 4.69) is 5.32 Å². The lowest BCUT2D eigenvalue weighted by molar-refractivity contribution is 0.102. The Morgan fingerprint density at radius 3 is 2.57 bits per heavy atom. The third-order valence-corrected chi connectivity index (χ3v) is 3.53. The Labute approximate surface area is 123 Å². The molecule has 21 heavy (non-hydrogen) atoms. The normalized spacial score (nSPS) is 10.5. The van der Waals surface area contributed by atoms with Gasteiger partial charge in [-0.1, -0.05) is 36.4 Å². The SMILES string of the molecule is Cc1cc(N)ccc1C(=O)Nc1cccc2ccccc12. The van der Waals surface area contributed by atoms with Crippen molar-refractivity contribution in [2.45, 2.75) is 6.92 Å². The van der Waals surface area contributed by atoms with Crippen molar-refractivity contribution < 1.29 is 4.79 Å². The predicted molar refractivity (Wildman–Crippen MR) is 87.5 cm³/mol. The highest BCUT2D eigenvalue weighted by Gasteiger charge is 2.10. The topological polar surface area (TPSA) is 55.1 Å². The molecule has 0 unspecified atom stereocenters. The number of nitrogens with two attached hydrogens (primary N) is 1. The molecule has 0 aliphatic heterocycles. The second-order valence-corrected chi connectivity index (χ2v) is 5.06. The van der Waals surface area contributed by atoms with Crippen LogP contribution in [-0.4, -0.2) is 5.91 Å². The van der Waals surface area contributed by atoms with Crippen LogP contribution in [0.1, 0.15) is 15.9 Å². The molecule has 0 radical (unpaired) electrons. The van der Waals surface area contributed by atoms with Gasteiger partial charge in [0.1, 0.15) is 0 Å². The second kappa shape index (κ2) is 5.29. The highest BCUT2D eigenvalue weighted by Crippen LogP contribution is 2.24. The van der Waals surface area contributed by atoms with Gasteiger partial charge in [-0.15, -0.1) is 0 Å². The zero-order valence-corrected chi connectivity index (χ0v) is 11.8. The lowest BCUT2D eigenvalue weighted by Gasteiger charge is -2.10. The van der Waals surface area contributed by atoms with E-state index in [1.807, 2.05) is 49.4 Å². The maximum absolute atomic E-state index is 12.4. The summed E-state index contributed by atoms with van der Waals surface area (Å²) in [5.41, 5.74) is 8.70. The molecule has 0 aromatic heterocycles. The molecule has 104 valence electrons. The first-order valence-electron chi connectivity index (χ1n) is 6.80. The Morgan fingerprint density at radius 1 is 1.00 bits per heavy atom. The number of carbonyl (C=O) groups excluding carboxylic acids is 1. The maximum atomic E-state index is 12.4. The molecule has 3 aromatic carbocycles. The summed E-state index contributed by atoms with van der Waals surface area (Å²) >= 11 is 0. The predicted octanol–water partition coefficient (Wildman–Crippen LogP) is 3.98. The first-order chi connectivity index (χ1) is 10.1. The molecule has 0 bridgehead atoms. The number of nitrogens with one attached hydrogen (secondary N) is 1. The summed E-state index contributed by atoms with van der Waals surface area (Å²) in [5.74, 6) is -0.121. The van der Waals surface area contributed by atoms with E-state index in [1.165, 1.54) is 0 Å². The molecule has 0 saturated carbocycles. The number of carbonyl (C=O) groups is 1. The van der Waals surface area contributed by atoms with Crippen LogP contribution < -0.4 is 11.1 Å². The molecule has 3 aromatic rings. The molecule has 0 heterocycles. The Hall–Kier alpha value is -2.81. The first kappa shape index (κ1) is 13.2. The summed E-state index contributed by atoms with van der Waals surface area (Å²) in [7, 11) is 0. The molecule has 0 aliphatic carbocycles. The molecule has 0 fully saturated rings. The average molecular weight is 276 g/mol. The van der Waals surface area contributed by atoms with Crippen molar-refractivity contribution in [3.63, 3.8) is 0 Å². The van der Waals surface area contributed by atoms with Crippen molar-refractivity contribution in [2.24, 2.45) is 0 Å². The summed E-state index contributed by atoms with van der Waals surface area (Å²) in [6, 6.07) is 19.2. The van der Waals surface area contributed by atoms with Gasteiger partial charge < -0.3 is 11.1 Å². The van der Waals surface area contributed by atoms with Crippen LogP contribution in [0, 0.1) is 6.92 Å². The molecule has 0 atom stereocenters.